The number of aliphatic hydroxyl groups is 8. The van der Waals surface area contributed by atoms with Gasteiger partial charge in [0.05, 0.1) is 13.2 Å². The third kappa shape index (κ3) is 25.7. The number of allylic oxidation sites excluding steroid dienone is 2. The van der Waals surface area contributed by atoms with Gasteiger partial charge in [0.2, 0.25) is 0 Å². The van der Waals surface area contributed by atoms with Crippen LogP contribution in [0.15, 0.2) is 12.2 Å². The molecule has 68 heavy (non-hydrogen) atoms. The Kier molecular flexibility index (Phi) is 34.2. The van der Waals surface area contributed by atoms with Crippen LogP contribution < -0.4 is 0 Å². The van der Waals surface area contributed by atoms with Crippen LogP contribution >= 0.6 is 7.82 Å². The Bertz CT molecular complexity index is 1370. The highest BCUT2D eigenvalue weighted by Gasteiger charge is 2.55. The van der Waals surface area contributed by atoms with E-state index < -0.39 is 113 Å². The highest BCUT2D eigenvalue weighted by Crippen LogP contribution is 2.48. The number of carbonyl (C=O) groups excluding carboxylic acids is 2. The summed E-state index contributed by atoms with van der Waals surface area (Å²) in [5.41, 5.74) is 0. The second-order valence-corrected chi connectivity index (χ2v) is 20.1. The summed E-state index contributed by atoms with van der Waals surface area (Å²) in [4.78, 5) is 36.5. The van der Waals surface area contributed by atoms with E-state index >= 15 is 0 Å². The lowest BCUT2D eigenvalue weighted by Crippen LogP contribution is -2.67. The van der Waals surface area contributed by atoms with Crippen LogP contribution in [0.3, 0.4) is 0 Å². The molecular weight excluding hydrogens is 907 g/mol. The largest absolute Gasteiger partial charge is 0.472 e. The fourth-order valence-corrected chi connectivity index (χ4v) is 9.37. The number of aliphatic hydroxyl groups excluding tert-OH is 8. The van der Waals surface area contributed by atoms with Gasteiger partial charge in [0, 0.05) is 12.8 Å². The first-order chi connectivity index (χ1) is 32.7. The number of phosphoric ester groups is 1. The lowest BCUT2D eigenvalue weighted by atomic mass is 9.84. The second-order valence-electron chi connectivity index (χ2n) is 18.7. The van der Waals surface area contributed by atoms with Crippen molar-refractivity contribution in [2.24, 2.45) is 0 Å². The molecule has 1 saturated carbocycles. The molecule has 0 aromatic carbocycles. The van der Waals surface area contributed by atoms with Gasteiger partial charge in [-0.25, -0.2) is 4.57 Å². The van der Waals surface area contributed by atoms with Crippen molar-refractivity contribution in [2.75, 3.05) is 19.8 Å². The zero-order chi connectivity index (χ0) is 50.2. The van der Waals surface area contributed by atoms with Gasteiger partial charge in [-0.2, -0.15) is 0 Å². The van der Waals surface area contributed by atoms with Crippen molar-refractivity contribution in [1.29, 1.82) is 0 Å². The van der Waals surface area contributed by atoms with E-state index in [0.717, 1.165) is 77.0 Å². The number of esters is 2. The van der Waals surface area contributed by atoms with Crippen molar-refractivity contribution in [3.63, 3.8) is 0 Å². The van der Waals surface area contributed by atoms with Gasteiger partial charge >= 0.3 is 19.8 Å². The van der Waals surface area contributed by atoms with Crippen LogP contribution in [0, 0.1) is 0 Å². The molecule has 1 saturated heterocycles. The first-order valence-corrected chi connectivity index (χ1v) is 27.5. The molecule has 19 heteroatoms. The molecule has 18 nitrogen and oxygen atoms in total. The number of hydrogen-bond donors (Lipinski definition) is 9. The third-order valence-corrected chi connectivity index (χ3v) is 13.7. The molecular formula is C49H91O18P. The smallest absolute Gasteiger partial charge is 0.462 e. The zero-order valence-corrected chi connectivity index (χ0v) is 42.0. The van der Waals surface area contributed by atoms with Crippen molar-refractivity contribution in [3.8, 4) is 0 Å². The van der Waals surface area contributed by atoms with E-state index in [2.05, 4.69) is 26.0 Å². The maximum Gasteiger partial charge on any atom is 0.472 e. The molecule has 2 rings (SSSR count). The van der Waals surface area contributed by atoms with Crippen LogP contribution in [0.4, 0.5) is 0 Å². The molecule has 9 N–H and O–H groups in total. The quantitative estimate of drug-likeness (QED) is 0.0145. The van der Waals surface area contributed by atoms with E-state index in [9.17, 15) is 59.9 Å². The molecule has 2 aliphatic rings. The molecule has 0 bridgehead atoms. The highest BCUT2D eigenvalue weighted by atomic mass is 31.2. The molecule has 13 atom stereocenters. The van der Waals surface area contributed by atoms with Gasteiger partial charge in [0.15, 0.2) is 12.4 Å². The Morgan fingerprint density at radius 2 is 0.971 bits per heavy atom. The summed E-state index contributed by atoms with van der Waals surface area (Å²) in [7, 11) is -5.37. The number of ether oxygens (including phenoxy) is 4. The molecule has 1 aliphatic heterocycles. The standard InChI is InChI=1S/C49H91O18P/c1-3-5-7-9-11-13-15-17-18-20-22-24-26-28-30-32-39(52)64-36(34-62-38(51)31-29-27-25-23-21-19-16-14-12-10-8-6-4-2)35-63-68(60,61)67-48-45(58)43(56)42(55)44(57)47(48)66-49-46(59)41(54)40(53)37(33-50)65-49/h13,15,36-37,40-50,53-59H,3-12,14,16-35H2,1-2H3,(H,60,61)/b15-13-. The van der Waals surface area contributed by atoms with Crippen molar-refractivity contribution in [2.45, 2.75) is 267 Å². The Labute approximate surface area is 405 Å². The van der Waals surface area contributed by atoms with Crippen LogP contribution in [0.5, 0.6) is 0 Å². The lowest BCUT2D eigenvalue weighted by molar-refractivity contribution is -0.338. The van der Waals surface area contributed by atoms with E-state index in [-0.39, 0.29) is 12.8 Å². The van der Waals surface area contributed by atoms with Crippen LogP contribution in [0.25, 0.3) is 0 Å². The van der Waals surface area contributed by atoms with E-state index in [0.29, 0.717) is 12.8 Å². The molecule has 1 aliphatic carbocycles. The van der Waals surface area contributed by atoms with Gasteiger partial charge in [0.25, 0.3) is 0 Å². The van der Waals surface area contributed by atoms with Crippen molar-refractivity contribution >= 4 is 19.8 Å². The third-order valence-electron chi connectivity index (χ3n) is 12.7. The maximum absolute atomic E-state index is 13.4. The number of rotatable bonds is 40. The average Bonchev–Trinajstić information content (AvgIpc) is 3.32. The van der Waals surface area contributed by atoms with Gasteiger partial charge in [-0.05, 0) is 38.5 Å². The number of unbranched alkanes of at least 4 members (excludes halogenated alkanes) is 23. The van der Waals surface area contributed by atoms with E-state index in [1.54, 1.807) is 0 Å². The SMILES string of the molecule is CCCCCC/C=C\CCCCCCCCCC(=O)OC(COC(=O)CCCCCCCCCCCCCCC)COP(=O)(O)OC1C(O)C(O)C(O)C(O)C1OC1OC(CO)C(O)C(O)C1O. The fourth-order valence-electron chi connectivity index (χ4n) is 8.40. The van der Waals surface area contributed by atoms with Gasteiger partial charge in [-0.1, -0.05) is 154 Å². The minimum Gasteiger partial charge on any atom is -0.462 e. The first-order valence-electron chi connectivity index (χ1n) is 26.0. The van der Waals surface area contributed by atoms with Crippen LogP contribution in [0.2, 0.25) is 0 Å². The van der Waals surface area contributed by atoms with E-state index in [4.69, 9.17) is 28.0 Å². The number of phosphoric acid groups is 1. The van der Waals surface area contributed by atoms with Crippen molar-refractivity contribution in [3.05, 3.63) is 12.2 Å². The summed E-state index contributed by atoms with van der Waals surface area (Å²) in [5, 5.41) is 83.0. The minimum absolute atomic E-state index is 0.0308. The Morgan fingerprint density at radius 3 is 1.47 bits per heavy atom. The Morgan fingerprint density at radius 1 is 0.544 bits per heavy atom. The van der Waals surface area contributed by atoms with Gasteiger partial charge in [0.1, 0.15) is 67.6 Å². The predicted octanol–water partition coefficient (Wildman–Crippen LogP) is 6.10. The molecule has 0 radical (unpaired) electrons. The minimum atomic E-state index is -5.37. The van der Waals surface area contributed by atoms with Crippen molar-refractivity contribution in [1.82, 2.24) is 0 Å². The Balaban J connectivity index is 1.94. The molecule has 1 heterocycles. The monoisotopic (exact) mass is 999 g/mol. The summed E-state index contributed by atoms with van der Waals surface area (Å²) < 4.78 is 45.5. The van der Waals surface area contributed by atoms with Crippen LogP contribution in [0.1, 0.15) is 194 Å². The lowest BCUT2D eigenvalue weighted by Gasteiger charge is -2.47. The maximum atomic E-state index is 13.4. The summed E-state index contributed by atoms with van der Waals surface area (Å²) in [6.07, 6.45) is 10.0. The molecule has 2 fully saturated rings. The van der Waals surface area contributed by atoms with Gasteiger partial charge in [-0.3, -0.25) is 18.6 Å². The summed E-state index contributed by atoms with van der Waals surface area (Å²) in [5.74, 6) is -1.21. The van der Waals surface area contributed by atoms with Crippen LogP contribution in [-0.2, 0) is 42.1 Å². The van der Waals surface area contributed by atoms with Crippen LogP contribution in [-0.4, -0.2) is 151 Å². The number of carbonyl (C=O) groups is 2. The normalized spacial score (nSPS) is 27.8. The Hall–Kier alpha value is -1.61. The predicted molar refractivity (Wildman–Crippen MR) is 254 cm³/mol. The van der Waals surface area contributed by atoms with E-state index in [1.807, 2.05) is 0 Å². The van der Waals surface area contributed by atoms with Gasteiger partial charge < -0.3 is 64.7 Å². The fraction of sp³-hybridized carbons (Fsp3) is 0.918. The number of hydrogen-bond acceptors (Lipinski definition) is 17. The second kappa shape index (κ2) is 37.2. The average molecular weight is 999 g/mol. The zero-order valence-electron chi connectivity index (χ0n) is 41.1. The highest BCUT2D eigenvalue weighted by molar-refractivity contribution is 7.47. The molecule has 0 amide bonds. The molecule has 0 spiro atoms. The summed E-state index contributed by atoms with van der Waals surface area (Å²) in [6.45, 7) is 2.22. The molecule has 0 aromatic heterocycles. The molecule has 0 aromatic rings. The molecule has 13 unspecified atom stereocenters. The molecule has 400 valence electrons. The van der Waals surface area contributed by atoms with Crippen molar-refractivity contribution < 1.29 is 87.9 Å². The topological polar surface area (TPSA) is 289 Å². The van der Waals surface area contributed by atoms with E-state index in [1.165, 1.54) is 77.0 Å². The first kappa shape index (κ1) is 62.5. The summed E-state index contributed by atoms with van der Waals surface area (Å²) >= 11 is 0. The summed E-state index contributed by atoms with van der Waals surface area (Å²) in [6, 6.07) is 0. The van der Waals surface area contributed by atoms with Gasteiger partial charge in [-0.15, -0.1) is 0 Å².